The number of hydrogen-bond acceptors (Lipinski definition) is 5. The number of H-pyrrole nitrogens is 1. The number of sulfonamides is 1. The lowest BCUT2D eigenvalue weighted by atomic mass is 10.1. The molecule has 136 valence electrons. The van der Waals surface area contributed by atoms with Gasteiger partial charge in [-0.25, -0.2) is 17.7 Å². The molecule has 0 saturated carbocycles. The van der Waals surface area contributed by atoms with E-state index in [1.54, 1.807) is 0 Å². The van der Waals surface area contributed by atoms with Crippen molar-refractivity contribution in [2.45, 2.75) is 25.5 Å². The van der Waals surface area contributed by atoms with Crippen molar-refractivity contribution in [2.75, 3.05) is 26.0 Å². The Morgan fingerprint density at radius 2 is 2.08 bits per heavy atom. The predicted molar refractivity (Wildman–Crippen MR) is 93.3 cm³/mol. The molecule has 1 aliphatic rings. The fraction of sp³-hybridized carbons (Fsp3) is 0.500. The van der Waals surface area contributed by atoms with Crippen molar-refractivity contribution < 1.29 is 17.9 Å². The van der Waals surface area contributed by atoms with E-state index in [1.165, 1.54) is 10.6 Å². The van der Waals surface area contributed by atoms with Crippen molar-refractivity contribution in [2.24, 2.45) is 0 Å². The number of aromatic nitrogens is 2. The molecule has 0 unspecified atom stereocenters. The summed E-state index contributed by atoms with van der Waals surface area (Å²) in [5.41, 5.74) is 1.79. The first-order chi connectivity index (χ1) is 11.9. The highest BCUT2D eigenvalue weighted by atomic mass is 32.2. The van der Waals surface area contributed by atoms with Gasteiger partial charge in [0.1, 0.15) is 12.4 Å². The van der Waals surface area contributed by atoms with Gasteiger partial charge in [-0.05, 0) is 25.0 Å². The highest BCUT2D eigenvalue weighted by molar-refractivity contribution is 7.88. The number of rotatable bonds is 6. The van der Waals surface area contributed by atoms with Crippen LogP contribution in [0.4, 0.5) is 0 Å². The Hall–Kier alpha value is -1.97. The molecule has 1 amide bonds. The molecule has 0 atom stereocenters. The lowest BCUT2D eigenvalue weighted by molar-refractivity contribution is -0.128. The van der Waals surface area contributed by atoms with Crippen LogP contribution in [0.25, 0.3) is 11.0 Å². The zero-order valence-electron chi connectivity index (χ0n) is 14.1. The van der Waals surface area contributed by atoms with E-state index in [0.717, 1.165) is 11.0 Å². The molecule has 0 spiro atoms. The summed E-state index contributed by atoms with van der Waals surface area (Å²) in [6, 6.07) is 7.67. The maximum absolute atomic E-state index is 11.9. The minimum atomic E-state index is -3.14. The molecule has 1 aliphatic heterocycles. The number of benzene rings is 1. The molecule has 8 nitrogen and oxygen atoms in total. The number of fused-ring (bicyclic) bond motifs is 1. The zero-order valence-corrected chi connectivity index (χ0v) is 14.9. The number of hydrogen-bond donors (Lipinski definition) is 2. The van der Waals surface area contributed by atoms with E-state index in [1.807, 2.05) is 24.3 Å². The molecule has 2 heterocycles. The minimum Gasteiger partial charge on any atom is -0.368 e. The Morgan fingerprint density at radius 1 is 1.36 bits per heavy atom. The summed E-state index contributed by atoms with van der Waals surface area (Å²) in [6.07, 6.45) is 2.32. The topological polar surface area (TPSA) is 104 Å². The summed E-state index contributed by atoms with van der Waals surface area (Å²) in [7, 11) is -3.14. The number of piperidine rings is 1. The molecule has 0 aliphatic carbocycles. The third kappa shape index (κ3) is 4.77. The smallest absolute Gasteiger partial charge is 0.246 e. The van der Waals surface area contributed by atoms with E-state index in [9.17, 15) is 13.2 Å². The fourth-order valence-electron chi connectivity index (χ4n) is 2.85. The quantitative estimate of drug-likeness (QED) is 0.780. The van der Waals surface area contributed by atoms with Crippen molar-refractivity contribution >= 4 is 27.0 Å². The number of para-hydroxylation sites is 2. The van der Waals surface area contributed by atoms with E-state index in [0.29, 0.717) is 38.3 Å². The average molecular weight is 366 g/mol. The first-order valence-corrected chi connectivity index (χ1v) is 10.0. The van der Waals surface area contributed by atoms with Crippen LogP contribution in [0.2, 0.25) is 0 Å². The highest BCUT2D eigenvalue weighted by Crippen LogP contribution is 2.16. The van der Waals surface area contributed by atoms with Crippen LogP contribution in [-0.2, 0) is 26.1 Å². The van der Waals surface area contributed by atoms with Gasteiger partial charge >= 0.3 is 0 Å². The van der Waals surface area contributed by atoms with Crippen LogP contribution >= 0.6 is 0 Å². The molecule has 0 radical (unpaired) electrons. The number of nitrogens with zero attached hydrogens (tertiary/aromatic N) is 2. The second-order valence-electron chi connectivity index (χ2n) is 6.15. The Balaban J connectivity index is 1.40. The fourth-order valence-corrected chi connectivity index (χ4v) is 3.72. The normalized spacial score (nSPS) is 17.0. The molecule has 2 aromatic rings. The van der Waals surface area contributed by atoms with Gasteiger partial charge in [-0.3, -0.25) is 4.79 Å². The molecule has 2 N–H and O–H groups in total. The van der Waals surface area contributed by atoms with Gasteiger partial charge in [-0.2, -0.15) is 0 Å². The summed E-state index contributed by atoms with van der Waals surface area (Å²) in [6.45, 7) is 1.14. The molecule has 0 bridgehead atoms. The summed E-state index contributed by atoms with van der Waals surface area (Å²) >= 11 is 0. The standard InChI is InChI=1S/C16H22N4O4S/c1-25(22,23)20-8-6-12(7-9-20)24-11-16(21)17-10-15-18-13-4-2-3-5-14(13)19-15/h2-5,12H,6-11H2,1H3,(H,17,21)(H,18,19). The van der Waals surface area contributed by atoms with Crippen molar-refractivity contribution in [1.29, 1.82) is 0 Å². The van der Waals surface area contributed by atoms with Gasteiger partial charge < -0.3 is 15.0 Å². The third-order valence-electron chi connectivity index (χ3n) is 4.21. The van der Waals surface area contributed by atoms with Gasteiger partial charge in [0, 0.05) is 13.1 Å². The Bertz CT molecular complexity index is 808. The van der Waals surface area contributed by atoms with Crippen LogP contribution in [0.3, 0.4) is 0 Å². The van der Waals surface area contributed by atoms with Crippen molar-refractivity contribution in [1.82, 2.24) is 19.6 Å². The first-order valence-electron chi connectivity index (χ1n) is 8.19. The molecule has 1 aromatic carbocycles. The Morgan fingerprint density at radius 3 is 2.76 bits per heavy atom. The first kappa shape index (κ1) is 17.8. The molecule has 1 aromatic heterocycles. The van der Waals surface area contributed by atoms with Gasteiger partial charge in [0.2, 0.25) is 15.9 Å². The van der Waals surface area contributed by atoms with Crippen LogP contribution in [0.5, 0.6) is 0 Å². The molecular weight excluding hydrogens is 344 g/mol. The van der Waals surface area contributed by atoms with E-state index in [-0.39, 0.29) is 18.6 Å². The number of amides is 1. The van der Waals surface area contributed by atoms with E-state index >= 15 is 0 Å². The number of aromatic amines is 1. The van der Waals surface area contributed by atoms with Crippen molar-refractivity contribution in [3.05, 3.63) is 30.1 Å². The van der Waals surface area contributed by atoms with Crippen LogP contribution in [0.1, 0.15) is 18.7 Å². The van der Waals surface area contributed by atoms with Crippen LogP contribution < -0.4 is 5.32 Å². The predicted octanol–water partition coefficient (Wildman–Crippen LogP) is 0.620. The lowest BCUT2D eigenvalue weighted by Gasteiger charge is -2.29. The lowest BCUT2D eigenvalue weighted by Crippen LogP contribution is -2.41. The largest absolute Gasteiger partial charge is 0.368 e. The van der Waals surface area contributed by atoms with Gasteiger partial charge in [0.05, 0.1) is 29.9 Å². The number of carbonyl (C=O) groups is 1. The highest BCUT2D eigenvalue weighted by Gasteiger charge is 2.25. The minimum absolute atomic E-state index is 0.0379. The molecule has 25 heavy (non-hydrogen) atoms. The summed E-state index contributed by atoms with van der Waals surface area (Å²) in [4.78, 5) is 19.5. The van der Waals surface area contributed by atoms with Crippen molar-refractivity contribution in [3.8, 4) is 0 Å². The molecular formula is C16H22N4O4S. The number of nitrogens with one attached hydrogen (secondary N) is 2. The SMILES string of the molecule is CS(=O)(=O)N1CCC(OCC(=O)NCc2nc3ccccc3[nH]2)CC1. The summed E-state index contributed by atoms with van der Waals surface area (Å²) in [5.74, 6) is 0.474. The maximum atomic E-state index is 11.9. The van der Waals surface area contributed by atoms with Crippen molar-refractivity contribution in [3.63, 3.8) is 0 Å². The van der Waals surface area contributed by atoms with E-state index < -0.39 is 10.0 Å². The average Bonchev–Trinajstić information content (AvgIpc) is 3.00. The Labute approximate surface area is 146 Å². The van der Waals surface area contributed by atoms with Crippen LogP contribution in [-0.4, -0.2) is 60.7 Å². The van der Waals surface area contributed by atoms with Gasteiger partial charge in [0.25, 0.3) is 0 Å². The number of imidazole rings is 1. The van der Waals surface area contributed by atoms with E-state index in [2.05, 4.69) is 15.3 Å². The molecule has 1 saturated heterocycles. The van der Waals surface area contributed by atoms with Gasteiger partial charge in [-0.15, -0.1) is 0 Å². The van der Waals surface area contributed by atoms with Gasteiger partial charge in [0.15, 0.2) is 0 Å². The van der Waals surface area contributed by atoms with Crippen LogP contribution in [0.15, 0.2) is 24.3 Å². The van der Waals surface area contributed by atoms with Gasteiger partial charge in [-0.1, -0.05) is 12.1 Å². The van der Waals surface area contributed by atoms with E-state index in [4.69, 9.17) is 4.74 Å². The zero-order chi connectivity index (χ0) is 17.9. The molecule has 1 fully saturated rings. The second-order valence-corrected chi connectivity index (χ2v) is 8.13. The number of carbonyl (C=O) groups excluding carboxylic acids is 1. The third-order valence-corrected chi connectivity index (χ3v) is 5.51. The number of ether oxygens (including phenoxy) is 1. The molecule has 3 rings (SSSR count). The molecule has 9 heteroatoms. The maximum Gasteiger partial charge on any atom is 0.246 e. The second kappa shape index (κ2) is 7.51. The van der Waals surface area contributed by atoms with Crippen LogP contribution in [0, 0.1) is 0 Å². The summed E-state index contributed by atoms with van der Waals surface area (Å²) < 4.78 is 29.9. The summed E-state index contributed by atoms with van der Waals surface area (Å²) in [5, 5.41) is 2.77. The Kier molecular flexibility index (Phi) is 5.36. The monoisotopic (exact) mass is 366 g/mol.